The number of methoxy groups -OCH3 is 1. The van der Waals surface area contributed by atoms with Crippen LogP contribution in [0.3, 0.4) is 0 Å². The zero-order valence-electron chi connectivity index (χ0n) is 18.1. The zero-order chi connectivity index (χ0) is 24.7. The fraction of sp³-hybridized carbons (Fsp3) is 0.0833. The molecule has 0 spiro atoms. The van der Waals surface area contributed by atoms with Crippen LogP contribution in [0.25, 0.3) is 0 Å². The first kappa shape index (κ1) is 24.8. The number of benzene rings is 3. The highest BCUT2D eigenvalue weighted by molar-refractivity contribution is 6.40. The van der Waals surface area contributed by atoms with Crippen molar-refractivity contribution >= 4 is 52.9 Å². The third-order valence-electron chi connectivity index (χ3n) is 4.50. The molecule has 0 aliphatic carbocycles. The second kappa shape index (κ2) is 11.3. The second-order valence-corrected chi connectivity index (χ2v) is 7.71. The van der Waals surface area contributed by atoms with Gasteiger partial charge in [0.2, 0.25) is 0 Å². The highest BCUT2D eigenvalue weighted by Crippen LogP contribution is 2.29. The Morgan fingerprint density at radius 3 is 2.38 bits per heavy atom. The number of hydrazone groups is 1. The van der Waals surface area contributed by atoms with E-state index in [1.165, 1.54) is 25.5 Å². The van der Waals surface area contributed by atoms with Gasteiger partial charge in [-0.1, -0.05) is 41.4 Å². The standard InChI is InChI=1S/C24H19Cl2N3O5/c1-14-7-9-16(12-19(14)26)28-22(30)23(31)29-27-13-15-8-10-20(21(11-15)33-2)34-24(32)17-5-3-4-6-18(17)25/h3-13H,1-2H3,(H,28,30)(H,29,31). The number of ether oxygens (including phenoxy) is 2. The van der Waals surface area contributed by atoms with Gasteiger partial charge in [0.25, 0.3) is 0 Å². The summed E-state index contributed by atoms with van der Waals surface area (Å²) in [5.41, 5.74) is 4.08. The number of rotatable bonds is 6. The largest absolute Gasteiger partial charge is 0.493 e. The molecule has 0 aliphatic heterocycles. The first-order chi connectivity index (χ1) is 16.3. The number of hydrogen-bond acceptors (Lipinski definition) is 6. The van der Waals surface area contributed by atoms with Crippen LogP contribution in [0.1, 0.15) is 21.5 Å². The molecule has 0 aromatic heterocycles. The van der Waals surface area contributed by atoms with Crippen molar-refractivity contribution in [3.63, 3.8) is 0 Å². The minimum absolute atomic E-state index is 0.171. The highest BCUT2D eigenvalue weighted by Gasteiger charge is 2.16. The van der Waals surface area contributed by atoms with Crippen LogP contribution >= 0.6 is 23.2 Å². The smallest absolute Gasteiger partial charge is 0.345 e. The maximum atomic E-state index is 12.4. The lowest BCUT2D eigenvalue weighted by molar-refractivity contribution is -0.136. The molecule has 2 amide bonds. The summed E-state index contributed by atoms with van der Waals surface area (Å²) < 4.78 is 10.6. The summed E-state index contributed by atoms with van der Waals surface area (Å²) in [7, 11) is 1.41. The van der Waals surface area contributed by atoms with E-state index in [0.29, 0.717) is 16.3 Å². The predicted molar refractivity (Wildman–Crippen MR) is 130 cm³/mol. The number of amides is 2. The predicted octanol–water partition coefficient (Wildman–Crippen LogP) is 4.62. The van der Waals surface area contributed by atoms with Crippen molar-refractivity contribution in [3.8, 4) is 11.5 Å². The van der Waals surface area contributed by atoms with Gasteiger partial charge in [0.1, 0.15) is 0 Å². The summed E-state index contributed by atoms with van der Waals surface area (Å²) in [6.45, 7) is 1.82. The van der Waals surface area contributed by atoms with Crippen molar-refractivity contribution in [2.45, 2.75) is 6.92 Å². The molecule has 0 radical (unpaired) electrons. The minimum Gasteiger partial charge on any atom is -0.493 e. The number of aryl methyl sites for hydroxylation is 1. The van der Waals surface area contributed by atoms with Gasteiger partial charge in [-0.25, -0.2) is 10.2 Å². The lowest BCUT2D eigenvalue weighted by Gasteiger charge is -2.10. The fourth-order valence-corrected chi connectivity index (χ4v) is 3.10. The van der Waals surface area contributed by atoms with Crippen LogP contribution in [0.5, 0.6) is 11.5 Å². The Bertz CT molecular complexity index is 1280. The fourth-order valence-electron chi connectivity index (χ4n) is 2.71. The summed E-state index contributed by atoms with van der Waals surface area (Å²) >= 11 is 12.0. The van der Waals surface area contributed by atoms with Gasteiger partial charge in [0.05, 0.1) is 23.9 Å². The first-order valence-electron chi connectivity index (χ1n) is 9.83. The van der Waals surface area contributed by atoms with Gasteiger partial charge >= 0.3 is 17.8 Å². The van der Waals surface area contributed by atoms with E-state index in [1.807, 2.05) is 6.92 Å². The molecule has 3 rings (SSSR count). The molecule has 34 heavy (non-hydrogen) atoms. The maximum absolute atomic E-state index is 12.4. The third-order valence-corrected chi connectivity index (χ3v) is 5.24. The molecule has 174 valence electrons. The molecule has 0 heterocycles. The van der Waals surface area contributed by atoms with Crippen molar-refractivity contribution in [2.75, 3.05) is 12.4 Å². The van der Waals surface area contributed by atoms with Crippen molar-refractivity contribution in [1.82, 2.24) is 5.43 Å². The average molecular weight is 500 g/mol. The Morgan fingerprint density at radius 2 is 1.68 bits per heavy atom. The number of carbonyl (C=O) groups is 3. The molecule has 0 fully saturated rings. The van der Waals surface area contributed by atoms with E-state index < -0.39 is 17.8 Å². The number of anilines is 1. The average Bonchev–Trinajstić information content (AvgIpc) is 2.82. The zero-order valence-corrected chi connectivity index (χ0v) is 19.6. The molecule has 0 saturated heterocycles. The number of halogens is 2. The molecular weight excluding hydrogens is 481 g/mol. The van der Waals surface area contributed by atoms with Gasteiger partial charge < -0.3 is 14.8 Å². The van der Waals surface area contributed by atoms with Crippen LogP contribution in [-0.4, -0.2) is 31.1 Å². The number of carbonyl (C=O) groups excluding carboxylic acids is 3. The Labute approximate surface area is 205 Å². The Hall–Kier alpha value is -3.88. The first-order valence-corrected chi connectivity index (χ1v) is 10.6. The van der Waals surface area contributed by atoms with Crippen molar-refractivity contribution < 1.29 is 23.9 Å². The maximum Gasteiger partial charge on any atom is 0.345 e. The van der Waals surface area contributed by atoms with Crippen molar-refractivity contribution in [2.24, 2.45) is 5.10 Å². The van der Waals surface area contributed by atoms with Gasteiger partial charge in [-0.05, 0) is 60.5 Å². The number of nitrogens with one attached hydrogen (secondary N) is 2. The molecule has 0 aliphatic rings. The number of esters is 1. The van der Waals surface area contributed by atoms with Crippen molar-refractivity contribution in [1.29, 1.82) is 0 Å². The van der Waals surface area contributed by atoms with E-state index in [1.54, 1.807) is 48.5 Å². The molecule has 3 aromatic rings. The van der Waals surface area contributed by atoms with E-state index in [4.69, 9.17) is 32.7 Å². The van der Waals surface area contributed by atoms with Gasteiger partial charge in [-0.15, -0.1) is 0 Å². The summed E-state index contributed by atoms with van der Waals surface area (Å²) in [5.74, 6) is -2.09. The monoisotopic (exact) mass is 499 g/mol. The molecule has 0 unspecified atom stereocenters. The van der Waals surface area contributed by atoms with E-state index in [-0.39, 0.29) is 22.1 Å². The third kappa shape index (κ3) is 6.34. The molecule has 0 bridgehead atoms. The number of hydrogen-bond donors (Lipinski definition) is 2. The highest BCUT2D eigenvalue weighted by atomic mass is 35.5. The van der Waals surface area contributed by atoms with E-state index in [0.717, 1.165) is 5.56 Å². The van der Waals surface area contributed by atoms with Crippen LogP contribution in [0.2, 0.25) is 10.0 Å². The lowest BCUT2D eigenvalue weighted by Crippen LogP contribution is -2.32. The topological polar surface area (TPSA) is 106 Å². The second-order valence-electron chi connectivity index (χ2n) is 6.90. The van der Waals surface area contributed by atoms with E-state index in [2.05, 4.69) is 15.8 Å². The number of nitrogens with zero attached hydrogens (tertiary/aromatic N) is 1. The summed E-state index contributed by atoms with van der Waals surface area (Å²) in [5, 5.41) is 6.93. The van der Waals surface area contributed by atoms with Gasteiger partial charge in [-0.3, -0.25) is 9.59 Å². The molecule has 3 aromatic carbocycles. The lowest BCUT2D eigenvalue weighted by atomic mass is 10.2. The Morgan fingerprint density at radius 1 is 0.912 bits per heavy atom. The SMILES string of the molecule is COc1cc(C=NNC(=O)C(=O)Nc2ccc(C)c(Cl)c2)ccc1OC(=O)c1ccccc1Cl. The van der Waals surface area contributed by atoms with Gasteiger partial charge in [-0.2, -0.15) is 5.10 Å². The summed E-state index contributed by atoms with van der Waals surface area (Å²) in [6.07, 6.45) is 1.30. The van der Waals surface area contributed by atoms with E-state index >= 15 is 0 Å². The molecule has 8 nitrogen and oxygen atoms in total. The van der Waals surface area contributed by atoms with Crippen LogP contribution in [-0.2, 0) is 9.59 Å². The quantitative estimate of drug-likeness (QED) is 0.169. The van der Waals surface area contributed by atoms with Crippen LogP contribution in [0.15, 0.2) is 65.8 Å². The minimum atomic E-state index is -0.967. The molecule has 0 atom stereocenters. The van der Waals surface area contributed by atoms with Crippen LogP contribution in [0.4, 0.5) is 5.69 Å². The Kier molecular flexibility index (Phi) is 8.24. The van der Waals surface area contributed by atoms with Crippen LogP contribution in [0, 0.1) is 6.92 Å². The normalized spacial score (nSPS) is 10.6. The summed E-state index contributed by atoms with van der Waals surface area (Å²) in [4.78, 5) is 36.4. The molecule has 2 N–H and O–H groups in total. The van der Waals surface area contributed by atoms with Crippen molar-refractivity contribution in [3.05, 3.63) is 87.4 Å². The van der Waals surface area contributed by atoms with Gasteiger partial charge in [0, 0.05) is 10.7 Å². The van der Waals surface area contributed by atoms with E-state index in [9.17, 15) is 14.4 Å². The summed E-state index contributed by atoms with van der Waals surface area (Å²) in [6, 6.07) is 16.0. The molecular formula is C24H19Cl2N3O5. The van der Waals surface area contributed by atoms with Gasteiger partial charge in [0.15, 0.2) is 11.5 Å². The molecule has 0 saturated carbocycles. The molecule has 10 heteroatoms. The Balaban J connectivity index is 1.61. The van der Waals surface area contributed by atoms with Crippen LogP contribution < -0.4 is 20.2 Å².